The average molecular weight is 406 g/mol. The number of benzene rings is 1. The predicted octanol–water partition coefficient (Wildman–Crippen LogP) is 4.47. The number of anilines is 2. The molecule has 6 nitrogen and oxygen atoms in total. The van der Waals surface area contributed by atoms with E-state index in [4.69, 9.17) is 17.3 Å². The maximum atomic E-state index is 13.1. The van der Waals surface area contributed by atoms with Gasteiger partial charge in [-0.2, -0.15) is 4.98 Å². The van der Waals surface area contributed by atoms with E-state index in [0.717, 1.165) is 30.1 Å². The summed E-state index contributed by atoms with van der Waals surface area (Å²) in [5.74, 6) is -0.153. The Bertz CT molecular complexity index is 1110. The number of pyridine rings is 1. The van der Waals surface area contributed by atoms with Gasteiger partial charge in [0.15, 0.2) is 0 Å². The molecule has 3 N–H and O–H groups in total. The molecule has 1 fully saturated rings. The molecule has 0 bridgehead atoms. The van der Waals surface area contributed by atoms with Crippen molar-refractivity contribution < 1.29 is 8.78 Å². The molecule has 1 aromatic carbocycles. The summed E-state index contributed by atoms with van der Waals surface area (Å²) in [6.07, 6.45) is 0.109. The monoisotopic (exact) mass is 405 g/mol. The number of alkyl halides is 2. The van der Waals surface area contributed by atoms with Crippen LogP contribution in [0.25, 0.3) is 10.8 Å². The first kappa shape index (κ1) is 18.6. The third kappa shape index (κ3) is 3.28. The molecule has 4 rings (SSSR count). The van der Waals surface area contributed by atoms with E-state index in [1.807, 2.05) is 19.1 Å². The second-order valence-corrected chi connectivity index (χ2v) is 7.29. The molecular formula is C19H18ClF2N5O. The quantitative estimate of drug-likeness (QED) is 0.654. The van der Waals surface area contributed by atoms with Crippen molar-refractivity contribution in [1.29, 1.82) is 0 Å². The number of hydrogen-bond acceptors (Lipinski definition) is 5. The maximum Gasteiger partial charge on any atom is 0.268 e. The summed E-state index contributed by atoms with van der Waals surface area (Å²) in [4.78, 5) is 20.9. The van der Waals surface area contributed by atoms with Crippen LogP contribution in [-0.4, -0.2) is 14.5 Å². The Labute approximate surface area is 164 Å². The van der Waals surface area contributed by atoms with E-state index >= 15 is 0 Å². The lowest BCUT2D eigenvalue weighted by molar-refractivity contribution is 0.151. The van der Waals surface area contributed by atoms with Crippen molar-refractivity contribution in [1.82, 2.24) is 14.5 Å². The van der Waals surface area contributed by atoms with Gasteiger partial charge >= 0.3 is 0 Å². The van der Waals surface area contributed by atoms with Crippen LogP contribution in [0.15, 0.2) is 35.3 Å². The van der Waals surface area contributed by atoms with Gasteiger partial charge in [0.2, 0.25) is 5.95 Å². The minimum atomic E-state index is -2.74. The lowest BCUT2D eigenvalue weighted by Crippen LogP contribution is -2.26. The van der Waals surface area contributed by atoms with Crippen molar-refractivity contribution in [2.75, 3.05) is 11.1 Å². The number of nitrogens with zero attached hydrogens (tertiary/aromatic N) is 3. The van der Waals surface area contributed by atoms with Crippen molar-refractivity contribution in [3.05, 3.63) is 57.1 Å². The number of fused-ring (bicyclic) bond motifs is 1. The molecule has 3 aromatic rings. The highest BCUT2D eigenvalue weighted by Crippen LogP contribution is 2.37. The van der Waals surface area contributed by atoms with Crippen molar-refractivity contribution in [2.24, 2.45) is 0 Å². The first-order valence-corrected chi connectivity index (χ1v) is 9.25. The van der Waals surface area contributed by atoms with Gasteiger partial charge in [-0.3, -0.25) is 4.79 Å². The van der Waals surface area contributed by atoms with E-state index in [1.54, 1.807) is 16.7 Å². The Hall–Kier alpha value is -2.74. The van der Waals surface area contributed by atoms with Gasteiger partial charge in [-0.25, -0.2) is 13.8 Å². The number of aromatic nitrogens is 3. The van der Waals surface area contributed by atoms with Crippen LogP contribution >= 0.6 is 11.6 Å². The van der Waals surface area contributed by atoms with E-state index in [0.29, 0.717) is 10.4 Å². The number of nitrogens with one attached hydrogen (secondary N) is 1. The van der Waals surface area contributed by atoms with Gasteiger partial charge in [0, 0.05) is 17.9 Å². The molecule has 1 aliphatic carbocycles. The zero-order valence-electron chi connectivity index (χ0n) is 15.0. The Morgan fingerprint density at radius 2 is 2.11 bits per heavy atom. The molecule has 0 spiro atoms. The topological polar surface area (TPSA) is 85.8 Å². The van der Waals surface area contributed by atoms with E-state index < -0.39 is 12.0 Å². The lowest BCUT2D eigenvalue weighted by atomic mass is 10.1. The molecule has 0 unspecified atom stereocenters. The van der Waals surface area contributed by atoms with Crippen LogP contribution in [0, 0.1) is 0 Å². The Kier molecular flexibility index (Phi) is 4.66. The molecule has 2 aromatic heterocycles. The summed E-state index contributed by atoms with van der Waals surface area (Å²) in [6, 6.07) is 7.01. The van der Waals surface area contributed by atoms with Crippen LogP contribution in [0.5, 0.6) is 0 Å². The molecule has 0 radical (unpaired) electrons. The van der Waals surface area contributed by atoms with Gasteiger partial charge < -0.3 is 15.6 Å². The van der Waals surface area contributed by atoms with Gasteiger partial charge in [-0.15, -0.1) is 0 Å². The highest BCUT2D eigenvalue weighted by molar-refractivity contribution is 6.35. The summed E-state index contributed by atoms with van der Waals surface area (Å²) in [5, 5.41) is 4.71. The third-order valence-electron chi connectivity index (χ3n) is 4.84. The molecule has 9 heteroatoms. The molecule has 28 heavy (non-hydrogen) atoms. The van der Waals surface area contributed by atoms with Crippen molar-refractivity contribution >= 4 is 34.1 Å². The normalized spacial score (nSPS) is 15.2. The summed E-state index contributed by atoms with van der Waals surface area (Å²) in [7, 11) is 0. The first-order valence-electron chi connectivity index (χ1n) is 8.87. The van der Waals surface area contributed by atoms with Crippen molar-refractivity contribution in [2.45, 2.75) is 38.3 Å². The van der Waals surface area contributed by atoms with Gasteiger partial charge in [-0.1, -0.05) is 23.7 Å². The molecule has 0 aliphatic heterocycles. The van der Waals surface area contributed by atoms with Crippen molar-refractivity contribution in [3.8, 4) is 0 Å². The zero-order chi connectivity index (χ0) is 20.0. The van der Waals surface area contributed by atoms with Gasteiger partial charge in [0.25, 0.3) is 12.0 Å². The number of hydrogen-bond donors (Lipinski definition) is 2. The molecule has 146 valence electrons. The lowest BCUT2D eigenvalue weighted by Gasteiger charge is -2.21. The predicted molar refractivity (Wildman–Crippen MR) is 105 cm³/mol. The molecule has 0 amide bonds. The molecule has 0 saturated heterocycles. The number of nitrogens with two attached hydrogens (primary N) is 1. The van der Waals surface area contributed by atoms with Gasteiger partial charge in [-0.05, 0) is 37.3 Å². The minimum absolute atomic E-state index is 0.121. The van der Waals surface area contributed by atoms with Gasteiger partial charge in [0.05, 0.1) is 22.0 Å². The second kappa shape index (κ2) is 7.01. The smallest absolute Gasteiger partial charge is 0.268 e. The fraction of sp³-hybridized carbons (Fsp3) is 0.316. The largest absolute Gasteiger partial charge is 0.383 e. The minimum Gasteiger partial charge on any atom is -0.383 e. The molecule has 1 aliphatic rings. The zero-order valence-corrected chi connectivity index (χ0v) is 15.8. The maximum absolute atomic E-state index is 13.1. The van der Waals surface area contributed by atoms with E-state index in [1.165, 1.54) is 0 Å². The highest BCUT2D eigenvalue weighted by Gasteiger charge is 2.29. The SMILES string of the molecule is C[C@H](Nc1ncc(C(F)F)c(N)n1)c1cc2cccc(Cl)c2c(=O)n1C1CC1. The van der Waals surface area contributed by atoms with E-state index in [2.05, 4.69) is 15.3 Å². The van der Waals surface area contributed by atoms with Crippen LogP contribution in [0.3, 0.4) is 0 Å². The van der Waals surface area contributed by atoms with Crippen LogP contribution in [0.4, 0.5) is 20.5 Å². The Balaban J connectivity index is 1.75. The molecule has 1 atom stereocenters. The van der Waals surface area contributed by atoms with Crippen LogP contribution in [0.1, 0.15) is 49.5 Å². The molecule has 1 saturated carbocycles. The second-order valence-electron chi connectivity index (χ2n) is 6.88. The fourth-order valence-electron chi connectivity index (χ4n) is 3.31. The molecular weight excluding hydrogens is 388 g/mol. The number of halogens is 3. The van der Waals surface area contributed by atoms with E-state index in [9.17, 15) is 13.6 Å². The number of rotatable bonds is 5. The number of nitrogen functional groups attached to an aromatic ring is 1. The van der Waals surface area contributed by atoms with Crippen LogP contribution in [0.2, 0.25) is 5.02 Å². The van der Waals surface area contributed by atoms with Crippen LogP contribution in [-0.2, 0) is 0 Å². The first-order chi connectivity index (χ1) is 13.4. The third-order valence-corrected chi connectivity index (χ3v) is 5.16. The summed E-state index contributed by atoms with van der Waals surface area (Å²) < 4.78 is 27.4. The Morgan fingerprint density at radius 1 is 1.36 bits per heavy atom. The summed E-state index contributed by atoms with van der Waals surface area (Å²) in [6.45, 7) is 1.85. The fourth-order valence-corrected chi connectivity index (χ4v) is 3.57. The van der Waals surface area contributed by atoms with E-state index in [-0.39, 0.29) is 29.4 Å². The van der Waals surface area contributed by atoms with Crippen molar-refractivity contribution in [3.63, 3.8) is 0 Å². The average Bonchev–Trinajstić information content (AvgIpc) is 3.46. The summed E-state index contributed by atoms with van der Waals surface area (Å²) >= 11 is 6.25. The molecule has 2 heterocycles. The van der Waals surface area contributed by atoms with Gasteiger partial charge in [0.1, 0.15) is 5.82 Å². The summed E-state index contributed by atoms with van der Waals surface area (Å²) in [5.41, 5.74) is 5.81. The highest BCUT2D eigenvalue weighted by atomic mass is 35.5. The standard InChI is InChI=1S/C19H18ClF2N5O/c1-9(25-19-24-8-12(16(21)22)17(23)26-19)14-7-10-3-2-4-13(20)15(10)18(28)27(14)11-5-6-11/h2-4,7-9,11,16H,5-6H2,1H3,(H3,23,24,25,26)/t9-/m0/s1. The Morgan fingerprint density at radius 3 is 2.75 bits per heavy atom. The van der Waals surface area contributed by atoms with Crippen LogP contribution < -0.4 is 16.6 Å².